The lowest BCUT2D eigenvalue weighted by Gasteiger charge is -2.32. The Morgan fingerprint density at radius 3 is 2.87 bits per heavy atom. The fourth-order valence-corrected chi connectivity index (χ4v) is 2.81. The maximum atomic E-state index is 12.7. The van der Waals surface area contributed by atoms with Gasteiger partial charge in [0.25, 0.3) is 5.91 Å². The first-order valence-corrected chi connectivity index (χ1v) is 7.91. The van der Waals surface area contributed by atoms with Crippen LogP contribution < -0.4 is 10.1 Å². The van der Waals surface area contributed by atoms with Gasteiger partial charge in [0.2, 0.25) is 0 Å². The van der Waals surface area contributed by atoms with Gasteiger partial charge in [-0.3, -0.25) is 9.78 Å². The summed E-state index contributed by atoms with van der Waals surface area (Å²) in [5.74, 6) is 1.42. The Labute approximate surface area is 136 Å². The molecule has 1 atom stereocenters. The number of pyridine rings is 1. The molecule has 1 N–H and O–H groups in total. The normalized spacial score (nSPS) is 17.8. The monoisotopic (exact) mass is 311 g/mol. The van der Waals surface area contributed by atoms with Crippen LogP contribution in [0.5, 0.6) is 11.5 Å². The summed E-state index contributed by atoms with van der Waals surface area (Å²) in [4.78, 5) is 18.6. The third kappa shape index (κ3) is 3.87. The van der Waals surface area contributed by atoms with Gasteiger partial charge in [-0.25, -0.2) is 0 Å². The zero-order valence-electron chi connectivity index (χ0n) is 13.2. The first-order valence-electron chi connectivity index (χ1n) is 7.91. The van der Waals surface area contributed by atoms with Gasteiger partial charge in [-0.05, 0) is 50.2 Å². The molecule has 0 radical (unpaired) electrons. The third-order valence-corrected chi connectivity index (χ3v) is 4.08. The number of hydrogen-bond acceptors (Lipinski definition) is 4. The van der Waals surface area contributed by atoms with Crippen LogP contribution in [0, 0.1) is 0 Å². The highest BCUT2D eigenvalue weighted by Gasteiger charge is 2.23. The summed E-state index contributed by atoms with van der Waals surface area (Å²) in [6, 6.07) is 11.3. The number of amides is 1. The number of benzene rings is 1. The number of piperidine rings is 1. The molecule has 5 heteroatoms. The zero-order valence-corrected chi connectivity index (χ0v) is 13.2. The van der Waals surface area contributed by atoms with E-state index in [0.717, 1.165) is 25.9 Å². The number of rotatable bonds is 4. The van der Waals surface area contributed by atoms with Gasteiger partial charge < -0.3 is 15.0 Å². The van der Waals surface area contributed by atoms with Crippen LogP contribution in [0.4, 0.5) is 0 Å². The molecule has 0 aliphatic carbocycles. The molecule has 1 aromatic heterocycles. The van der Waals surface area contributed by atoms with Crippen LogP contribution in [0.15, 0.2) is 48.8 Å². The van der Waals surface area contributed by atoms with E-state index >= 15 is 0 Å². The molecule has 1 aromatic carbocycles. The van der Waals surface area contributed by atoms with Crippen molar-refractivity contribution in [1.82, 2.24) is 15.2 Å². The number of carbonyl (C=O) groups excluding carboxylic acids is 1. The van der Waals surface area contributed by atoms with E-state index in [1.165, 1.54) is 0 Å². The smallest absolute Gasteiger partial charge is 0.254 e. The van der Waals surface area contributed by atoms with E-state index in [-0.39, 0.29) is 5.91 Å². The van der Waals surface area contributed by atoms with Crippen molar-refractivity contribution in [3.63, 3.8) is 0 Å². The van der Waals surface area contributed by atoms with Crippen LogP contribution in [0.25, 0.3) is 0 Å². The summed E-state index contributed by atoms with van der Waals surface area (Å²) in [7, 11) is 1.95. The van der Waals surface area contributed by atoms with E-state index in [0.29, 0.717) is 23.1 Å². The van der Waals surface area contributed by atoms with Crippen molar-refractivity contribution >= 4 is 5.91 Å². The number of likely N-dealkylation sites (tertiary alicyclic amines) is 1. The van der Waals surface area contributed by atoms with Crippen LogP contribution in [0.2, 0.25) is 0 Å². The summed E-state index contributed by atoms with van der Waals surface area (Å²) >= 11 is 0. The molecule has 3 rings (SSSR count). The summed E-state index contributed by atoms with van der Waals surface area (Å²) in [6.07, 6.45) is 5.50. The van der Waals surface area contributed by atoms with E-state index in [9.17, 15) is 4.79 Å². The van der Waals surface area contributed by atoms with Crippen LogP contribution in [0.3, 0.4) is 0 Å². The second kappa shape index (κ2) is 7.24. The number of likely N-dealkylation sites (N-methyl/N-ethyl adjacent to an activating group) is 1. The average Bonchev–Trinajstić information content (AvgIpc) is 2.62. The largest absolute Gasteiger partial charge is 0.457 e. The first kappa shape index (κ1) is 15.5. The fourth-order valence-electron chi connectivity index (χ4n) is 2.81. The van der Waals surface area contributed by atoms with Crippen molar-refractivity contribution in [2.24, 2.45) is 0 Å². The Hall–Kier alpha value is -2.40. The lowest BCUT2D eigenvalue weighted by molar-refractivity contribution is 0.0698. The van der Waals surface area contributed by atoms with E-state index in [1.807, 2.05) is 30.1 Å². The number of hydrogen-bond donors (Lipinski definition) is 1. The second-order valence-electron chi connectivity index (χ2n) is 5.69. The van der Waals surface area contributed by atoms with Crippen molar-refractivity contribution in [2.75, 3.05) is 20.1 Å². The van der Waals surface area contributed by atoms with Gasteiger partial charge in [0, 0.05) is 37.1 Å². The predicted molar refractivity (Wildman–Crippen MR) is 88.7 cm³/mol. The number of carbonyl (C=O) groups is 1. The summed E-state index contributed by atoms with van der Waals surface area (Å²) in [5, 5.41) is 3.26. The highest BCUT2D eigenvalue weighted by atomic mass is 16.5. The zero-order chi connectivity index (χ0) is 16.1. The minimum atomic E-state index is 0.0603. The van der Waals surface area contributed by atoms with Gasteiger partial charge in [0.1, 0.15) is 11.5 Å². The van der Waals surface area contributed by atoms with Crippen molar-refractivity contribution in [3.05, 3.63) is 54.4 Å². The van der Waals surface area contributed by atoms with E-state index in [1.54, 1.807) is 30.6 Å². The molecule has 5 nitrogen and oxygen atoms in total. The molecule has 0 unspecified atom stereocenters. The van der Waals surface area contributed by atoms with Crippen molar-refractivity contribution in [1.29, 1.82) is 0 Å². The molecule has 1 aliphatic heterocycles. The number of aromatic nitrogens is 1. The lowest BCUT2D eigenvalue weighted by atomic mass is 10.0. The molecular formula is C18H21N3O2. The molecule has 1 saturated heterocycles. The average molecular weight is 311 g/mol. The van der Waals surface area contributed by atoms with Crippen LogP contribution in [-0.4, -0.2) is 42.0 Å². The first-order chi connectivity index (χ1) is 11.3. The van der Waals surface area contributed by atoms with Gasteiger partial charge in [0.15, 0.2) is 0 Å². The highest BCUT2D eigenvalue weighted by Crippen LogP contribution is 2.22. The Bertz CT molecular complexity index is 660. The molecule has 23 heavy (non-hydrogen) atoms. The Kier molecular flexibility index (Phi) is 4.88. The van der Waals surface area contributed by atoms with Crippen molar-refractivity contribution < 1.29 is 9.53 Å². The SMILES string of the molecule is CN[C@H]1CCCN(C(=O)c2cccc(Oc3ccncc3)c2)C1. The van der Waals surface area contributed by atoms with Gasteiger partial charge in [-0.15, -0.1) is 0 Å². The van der Waals surface area contributed by atoms with Gasteiger partial charge in [0.05, 0.1) is 0 Å². The quantitative estimate of drug-likeness (QED) is 0.943. The van der Waals surface area contributed by atoms with E-state index in [4.69, 9.17) is 4.74 Å². The van der Waals surface area contributed by atoms with Crippen LogP contribution in [0.1, 0.15) is 23.2 Å². The molecule has 0 bridgehead atoms. The minimum absolute atomic E-state index is 0.0603. The summed E-state index contributed by atoms with van der Waals surface area (Å²) in [5.41, 5.74) is 0.660. The van der Waals surface area contributed by atoms with Crippen molar-refractivity contribution in [3.8, 4) is 11.5 Å². The number of nitrogens with one attached hydrogen (secondary N) is 1. The van der Waals surface area contributed by atoms with E-state index in [2.05, 4.69) is 10.3 Å². The van der Waals surface area contributed by atoms with Crippen molar-refractivity contribution in [2.45, 2.75) is 18.9 Å². The summed E-state index contributed by atoms with van der Waals surface area (Å²) in [6.45, 7) is 1.57. The maximum Gasteiger partial charge on any atom is 0.254 e. The fraction of sp³-hybridized carbons (Fsp3) is 0.333. The predicted octanol–water partition coefficient (Wildman–Crippen LogP) is 2.70. The van der Waals surface area contributed by atoms with Crippen LogP contribution >= 0.6 is 0 Å². The van der Waals surface area contributed by atoms with Crippen LogP contribution in [-0.2, 0) is 0 Å². The molecule has 1 aliphatic rings. The molecule has 1 fully saturated rings. The van der Waals surface area contributed by atoms with Gasteiger partial charge >= 0.3 is 0 Å². The molecule has 1 amide bonds. The molecule has 2 aromatic rings. The Morgan fingerprint density at radius 2 is 2.09 bits per heavy atom. The molecule has 2 heterocycles. The summed E-state index contributed by atoms with van der Waals surface area (Å²) < 4.78 is 5.78. The number of ether oxygens (including phenoxy) is 1. The molecule has 0 saturated carbocycles. The number of nitrogens with zero attached hydrogens (tertiary/aromatic N) is 2. The Balaban J connectivity index is 1.72. The van der Waals surface area contributed by atoms with Gasteiger partial charge in [-0.1, -0.05) is 6.07 Å². The molecule has 120 valence electrons. The topological polar surface area (TPSA) is 54.5 Å². The third-order valence-electron chi connectivity index (χ3n) is 4.08. The standard InChI is InChI=1S/C18H21N3O2/c1-19-15-5-3-11-21(13-15)18(22)14-4-2-6-17(12-14)23-16-7-9-20-10-8-16/h2,4,6-10,12,15,19H,3,5,11,13H2,1H3/t15-/m0/s1. The maximum absolute atomic E-state index is 12.7. The Morgan fingerprint density at radius 1 is 1.26 bits per heavy atom. The molecular weight excluding hydrogens is 290 g/mol. The molecule has 0 spiro atoms. The van der Waals surface area contributed by atoms with E-state index < -0.39 is 0 Å². The second-order valence-corrected chi connectivity index (χ2v) is 5.69. The minimum Gasteiger partial charge on any atom is -0.457 e. The van der Waals surface area contributed by atoms with Gasteiger partial charge in [-0.2, -0.15) is 0 Å². The lowest BCUT2D eigenvalue weighted by Crippen LogP contribution is -2.46. The highest BCUT2D eigenvalue weighted by molar-refractivity contribution is 5.94.